The number of carbonyl (C=O) groups excluding carboxylic acids is 1. The van der Waals surface area contributed by atoms with Gasteiger partial charge in [0.15, 0.2) is 0 Å². The van der Waals surface area contributed by atoms with Gasteiger partial charge in [-0.3, -0.25) is 4.79 Å². The zero-order valence-corrected chi connectivity index (χ0v) is 11.1. The van der Waals surface area contributed by atoms with E-state index in [-0.39, 0.29) is 28.4 Å². The molecular formula is C11H13ClN2O3S. The highest BCUT2D eigenvalue weighted by Crippen LogP contribution is 2.20. The summed E-state index contributed by atoms with van der Waals surface area (Å²) in [6.45, 7) is 0.180. The summed E-state index contributed by atoms with van der Waals surface area (Å²) in [4.78, 5) is 11.0. The van der Waals surface area contributed by atoms with Crippen LogP contribution in [0.3, 0.4) is 0 Å². The third kappa shape index (κ3) is 3.01. The average molecular weight is 289 g/mol. The number of hydrogen-bond acceptors (Lipinski definition) is 3. The highest BCUT2D eigenvalue weighted by atomic mass is 35.5. The summed E-state index contributed by atoms with van der Waals surface area (Å²) in [7, 11) is -3.63. The largest absolute Gasteiger partial charge is 0.352 e. The summed E-state index contributed by atoms with van der Waals surface area (Å²) in [5, 5.41) is 2.87. The normalized spacial score (nSPS) is 19.8. The van der Waals surface area contributed by atoms with Gasteiger partial charge in [0, 0.05) is 19.0 Å². The standard InChI is InChI=1S/C11H13ClN2O3S/c12-9-3-1-2-4-10(9)18(16,17)13-7-8-5-6-11(15)14-8/h1-4,8,13H,5-7H2,(H,14,15)/t8-/m0/s1. The van der Waals surface area contributed by atoms with Gasteiger partial charge in [0.25, 0.3) is 0 Å². The summed E-state index contributed by atoms with van der Waals surface area (Å²) >= 11 is 5.84. The fraction of sp³-hybridized carbons (Fsp3) is 0.364. The first-order chi connectivity index (χ1) is 8.49. The minimum absolute atomic E-state index is 0.0445. The molecule has 1 fully saturated rings. The van der Waals surface area contributed by atoms with Crippen LogP contribution in [0.4, 0.5) is 0 Å². The maximum atomic E-state index is 12.0. The molecular weight excluding hydrogens is 276 g/mol. The molecule has 2 rings (SSSR count). The van der Waals surface area contributed by atoms with Crippen LogP contribution in [-0.4, -0.2) is 26.9 Å². The number of nitrogens with one attached hydrogen (secondary N) is 2. The lowest BCUT2D eigenvalue weighted by Crippen LogP contribution is -2.38. The van der Waals surface area contributed by atoms with Crippen molar-refractivity contribution in [1.29, 1.82) is 0 Å². The predicted molar refractivity (Wildman–Crippen MR) is 67.8 cm³/mol. The van der Waals surface area contributed by atoms with E-state index in [4.69, 9.17) is 11.6 Å². The Hall–Kier alpha value is -1.11. The Morgan fingerprint density at radius 2 is 2.11 bits per heavy atom. The predicted octanol–water partition coefficient (Wildman–Crippen LogP) is 0.897. The van der Waals surface area contributed by atoms with Crippen LogP contribution in [-0.2, 0) is 14.8 Å². The molecule has 1 aromatic rings. The Morgan fingerprint density at radius 3 is 2.72 bits per heavy atom. The maximum Gasteiger partial charge on any atom is 0.242 e. The second kappa shape index (κ2) is 5.26. The molecule has 0 unspecified atom stereocenters. The maximum absolute atomic E-state index is 12.0. The van der Waals surface area contributed by atoms with Gasteiger partial charge in [-0.25, -0.2) is 13.1 Å². The van der Waals surface area contributed by atoms with Gasteiger partial charge in [-0.05, 0) is 18.6 Å². The van der Waals surface area contributed by atoms with Crippen molar-refractivity contribution in [2.24, 2.45) is 0 Å². The lowest BCUT2D eigenvalue weighted by Gasteiger charge is -2.12. The minimum Gasteiger partial charge on any atom is -0.352 e. The van der Waals surface area contributed by atoms with E-state index in [9.17, 15) is 13.2 Å². The molecule has 7 heteroatoms. The van der Waals surface area contributed by atoms with Crippen LogP contribution in [0, 0.1) is 0 Å². The van der Waals surface area contributed by atoms with Gasteiger partial charge in [-0.1, -0.05) is 23.7 Å². The molecule has 2 N–H and O–H groups in total. The van der Waals surface area contributed by atoms with Crippen molar-refractivity contribution in [3.05, 3.63) is 29.3 Å². The zero-order valence-electron chi connectivity index (χ0n) is 9.52. The van der Waals surface area contributed by atoms with Crippen LogP contribution >= 0.6 is 11.6 Å². The molecule has 98 valence electrons. The van der Waals surface area contributed by atoms with Gasteiger partial charge in [-0.2, -0.15) is 0 Å². The van der Waals surface area contributed by atoms with Crippen LogP contribution in [0.1, 0.15) is 12.8 Å². The molecule has 0 spiro atoms. The van der Waals surface area contributed by atoms with Crippen LogP contribution in [0.2, 0.25) is 5.02 Å². The highest BCUT2D eigenvalue weighted by molar-refractivity contribution is 7.89. The van der Waals surface area contributed by atoms with Crippen molar-refractivity contribution >= 4 is 27.5 Å². The fourth-order valence-corrected chi connectivity index (χ4v) is 3.38. The second-order valence-corrected chi connectivity index (χ2v) is 6.23. The van der Waals surface area contributed by atoms with Crippen LogP contribution in [0.15, 0.2) is 29.2 Å². The number of amides is 1. The van der Waals surface area contributed by atoms with Crippen molar-refractivity contribution in [2.75, 3.05) is 6.54 Å². The third-order valence-corrected chi connectivity index (χ3v) is 4.65. The van der Waals surface area contributed by atoms with E-state index in [0.717, 1.165) is 0 Å². The van der Waals surface area contributed by atoms with Gasteiger partial charge in [0.2, 0.25) is 15.9 Å². The lowest BCUT2D eigenvalue weighted by molar-refractivity contribution is -0.119. The second-order valence-electron chi connectivity index (χ2n) is 4.09. The summed E-state index contributed by atoms with van der Waals surface area (Å²) in [5.41, 5.74) is 0. The first kappa shape index (κ1) is 13.3. The van der Waals surface area contributed by atoms with Gasteiger partial charge in [-0.15, -0.1) is 0 Å². The Bertz CT molecular complexity index is 559. The van der Waals surface area contributed by atoms with Crippen molar-refractivity contribution in [3.8, 4) is 0 Å². The Kier molecular flexibility index (Phi) is 3.89. The molecule has 0 radical (unpaired) electrons. The van der Waals surface area contributed by atoms with E-state index >= 15 is 0 Å². The van der Waals surface area contributed by atoms with Crippen LogP contribution < -0.4 is 10.0 Å². The highest BCUT2D eigenvalue weighted by Gasteiger charge is 2.24. The van der Waals surface area contributed by atoms with E-state index in [1.165, 1.54) is 12.1 Å². The van der Waals surface area contributed by atoms with Crippen LogP contribution in [0.5, 0.6) is 0 Å². The molecule has 1 aliphatic rings. The summed E-state index contributed by atoms with van der Waals surface area (Å²) < 4.78 is 26.4. The topological polar surface area (TPSA) is 75.3 Å². The van der Waals surface area contributed by atoms with Crippen LogP contribution in [0.25, 0.3) is 0 Å². The molecule has 1 aromatic carbocycles. The first-order valence-corrected chi connectivity index (χ1v) is 7.39. The van der Waals surface area contributed by atoms with Gasteiger partial charge in [0.05, 0.1) is 5.02 Å². The van der Waals surface area contributed by atoms with Crippen molar-refractivity contribution in [3.63, 3.8) is 0 Å². The molecule has 0 bridgehead atoms. The van der Waals surface area contributed by atoms with E-state index < -0.39 is 10.0 Å². The van der Waals surface area contributed by atoms with E-state index in [0.29, 0.717) is 12.8 Å². The van der Waals surface area contributed by atoms with E-state index in [2.05, 4.69) is 10.0 Å². The summed E-state index contributed by atoms with van der Waals surface area (Å²) in [6.07, 6.45) is 1.09. The third-order valence-electron chi connectivity index (χ3n) is 2.73. The molecule has 0 saturated carbocycles. The number of sulfonamides is 1. The number of hydrogen-bond donors (Lipinski definition) is 2. The number of carbonyl (C=O) groups is 1. The molecule has 0 aromatic heterocycles. The molecule has 0 aliphatic carbocycles. The zero-order chi connectivity index (χ0) is 13.2. The first-order valence-electron chi connectivity index (χ1n) is 5.52. The summed E-state index contributed by atoms with van der Waals surface area (Å²) in [6, 6.07) is 6.09. The molecule has 1 heterocycles. The summed E-state index contributed by atoms with van der Waals surface area (Å²) in [5.74, 6) is -0.0445. The molecule has 1 atom stereocenters. The Morgan fingerprint density at radius 1 is 1.39 bits per heavy atom. The van der Waals surface area contributed by atoms with Crippen molar-refractivity contribution in [2.45, 2.75) is 23.8 Å². The molecule has 1 aliphatic heterocycles. The van der Waals surface area contributed by atoms with Gasteiger partial charge >= 0.3 is 0 Å². The number of benzene rings is 1. The van der Waals surface area contributed by atoms with Crippen molar-refractivity contribution < 1.29 is 13.2 Å². The molecule has 18 heavy (non-hydrogen) atoms. The molecule has 1 saturated heterocycles. The molecule has 1 amide bonds. The number of halogens is 1. The fourth-order valence-electron chi connectivity index (χ4n) is 1.78. The Balaban J connectivity index is 2.04. The lowest BCUT2D eigenvalue weighted by atomic mass is 10.2. The SMILES string of the molecule is O=C1CC[C@@H](CNS(=O)(=O)c2ccccc2Cl)N1. The average Bonchev–Trinajstić information content (AvgIpc) is 2.73. The quantitative estimate of drug-likeness (QED) is 0.864. The van der Waals surface area contributed by atoms with Crippen molar-refractivity contribution in [1.82, 2.24) is 10.0 Å². The smallest absolute Gasteiger partial charge is 0.242 e. The minimum atomic E-state index is -3.63. The van der Waals surface area contributed by atoms with E-state index in [1.54, 1.807) is 12.1 Å². The van der Waals surface area contributed by atoms with Gasteiger partial charge < -0.3 is 5.32 Å². The monoisotopic (exact) mass is 288 g/mol. The number of rotatable bonds is 4. The van der Waals surface area contributed by atoms with Gasteiger partial charge in [0.1, 0.15) is 4.90 Å². The molecule has 5 nitrogen and oxygen atoms in total. The van der Waals surface area contributed by atoms with E-state index in [1.807, 2.05) is 0 Å². The Labute approximate surface area is 111 Å².